The van der Waals surface area contributed by atoms with Crippen LogP contribution in [0.1, 0.15) is 24.2 Å². The van der Waals surface area contributed by atoms with Gasteiger partial charge in [-0.1, -0.05) is 0 Å². The molecule has 1 fully saturated rings. The SMILES string of the molecule is Cc1ncn(-c2nc(N)nc(N3CCCC3)n2)c1C. The molecule has 0 unspecified atom stereocenters. The molecule has 7 heteroatoms. The van der Waals surface area contributed by atoms with Gasteiger partial charge < -0.3 is 10.6 Å². The van der Waals surface area contributed by atoms with Crippen molar-refractivity contribution in [3.05, 3.63) is 17.7 Å². The van der Waals surface area contributed by atoms with Gasteiger partial charge in [0.15, 0.2) is 0 Å². The van der Waals surface area contributed by atoms with Crippen LogP contribution in [0, 0.1) is 13.8 Å². The predicted molar refractivity (Wildman–Crippen MR) is 72.3 cm³/mol. The molecule has 0 aliphatic carbocycles. The maximum atomic E-state index is 5.80. The van der Waals surface area contributed by atoms with E-state index in [1.54, 1.807) is 6.33 Å². The lowest BCUT2D eigenvalue weighted by Gasteiger charge is -2.16. The molecule has 2 N–H and O–H groups in total. The number of hydrogen-bond donors (Lipinski definition) is 1. The fourth-order valence-electron chi connectivity index (χ4n) is 2.24. The molecule has 0 amide bonds. The summed E-state index contributed by atoms with van der Waals surface area (Å²) >= 11 is 0. The van der Waals surface area contributed by atoms with E-state index in [2.05, 4.69) is 24.8 Å². The Morgan fingerprint density at radius 1 is 1.05 bits per heavy atom. The minimum atomic E-state index is 0.248. The number of anilines is 2. The molecule has 0 saturated carbocycles. The molecule has 7 nitrogen and oxygen atoms in total. The van der Waals surface area contributed by atoms with E-state index in [1.165, 1.54) is 12.8 Å². The van der Waals surface area contributed by atoms with Crippen molar-refractivity contribution < 1.29 is 0 Å². The molecule has 0 aromatic carbocycles. The first-order chi connectivity index (χ1) is 9.15. The van der Waals surface area contributed by atoms with Gasteiger partial charge in [-0.05, 0) is 26.7 Å². The van der Waals surface area contributed by atoms with Crippen LogP contribution in [0.15, 0.2) is 6.33 Å². The van der Waals surface area contributed by atoms with Crippen LogP contribution in [0.25, 0.3) is 5.95 Å². The second kappa shape index (κ2) is 4.49. The quantitative estimate of drug-likeness (QED) is 0.860. The molecule has 0 bridgehead atoms. The van der Waals surface area contributed by atoms with Crippen LogP contribution in [0.5, 0.6) is 0 Å². The molecule has 19 heavy (non-hydrogen) atoms. The Morgan fingerprint density at radius 2 is 1.74 bits per heavy atom. The summed E-state index contributed by atoms with van der Waals surface area (Å²) in [5.41, 5.74) is 7.77. The molecule has 100 valence electrons. The lowest BCUT2D eigenvalue weighted by atomic mass is 10.4. The first kappa shape index (κ1) is 11.9. The summed E-state index contributed by atoms with van der Waals surface area (Å²) in [6.07, 6.45) is 4.06. The van der Waals surface area contributed by atoms with Gasteiger partial charge >= 0.3 is 0 Å². The highest BCUT2D eigenvalue weighted by Crippen LogP contribution is 2.18. The molecule has 1 aliphatic heterocycles. The van der Waals surface area contributed by atoms with E-state index < -0.39 is 0 Å². The number of aromatic nitrogens is 5. The van der Waals surface area contributed by atoms with Crippen LogP contribution in [0.3, 0.4) is 0 Å². The molecule has 2 aromatic rings. The predicted octanol–water partition coefficient (Wildman–Crippen LogP) is 0.857. The molecule has 0 atom stereocenters. The minimum absolute atomic E-state index is 0.248. The van der Waals surface area contributed by atoms with Crippen molar-refractivity contribution >= 4 is 11.9 Å². The van der Waals surface area contributed by atoms with Gasteiger partial charge in [0.25, 0.3) is 0 Å². The molecule has 2 aromatic heterocycles. The smallest absolute Gasteiger partial charge is 0.241 e. The number of nitrogens with two attached hydrogens (primary N) is 1. The number of imidazole rings is 1. The number of hydrogen-bond acceptors (Lipinski definition) is 6. The first-order valence-corrected chi connectivity index (χ1v) is 6.42. The third-order valence-corrected chi connectivity index (χ3v) is 3.49. The second-order valence-electron chi connectivity index (χ2n) is 4.77. The summed E-state index contributed by atoms with van der Waals surface area (Å²) in [6, 6.07) is 0. The lowest BCUT2D eigenvalue weighted by molar-refractivity contribution is 0.832. The summed E-state index contributed by atoms with van der Waals surface area (Å²) in [4.78, 5) is 19.3. The summed E-state index contributed by atoms with van der Waals surface area (Å²) in [7, 11) is 0. The number of nitrogen functional groups attached to an aromatic ring is 1. The molecule has 1 saturated heterocycles. The van der Waals surface area contributed by atoms with E-state index in [0.717, 1.165) is 24.5 Å². The Bertz CT molecular complexity index is 598. The van der Waals surface area contributed by atoms with Crippen LogP contribution in [0.4, 0.5) is 11.9 Å². The third kappa shape index (κ3) is 2.11. The fraction of sp³-hybridized carbons (Fsp3) is 0.500. The summed E-state index contributed by atoms with van der Waals surface area (Å²) in [5, 5.41) is 0. The maximum Gasteiger partial charge on any atom is 0.241 e. The third-order valence-electron chi connectivity index (χ3n) is 3.49. The van der Waals surface area contributed by atoms with Crippen molar-refractivity contribution in [2.75, 3.05) is 23.7 Å². The van der Waals surface area contributed by atoms with Crippen molar-refractivity contribution in [2.45, 2.75) is 26.7 Å². The summed E-state index contributed by atoms with van der Waals surface area (Å²) in [5.74, 6) is 1.44. The highest BCUT2D eigenvalue weighted by atomic mass is 15.3. The highest BCUT2D eigenvalue weighted by molar-refractivity contribution is 5.39. The number of nitrogens with zero attached hydrogens (tertiary/aromatic N) is 6. The second-order valence-corrected chi connectivity index (χ2v) is 4.77. The molecular weight excluding hydrogens is 242 g/mol. The minimum Gasteiger partial charge on any atom is -0.368 e. The van der Waals surface area contributed by atoms with E-state index in [0.29, 0.717) is 11.9 Å². The lowest BCUT2D eigenvalue weighted by Crippen LogP contribution is -2.22. The topological polar surface area (TPSA) is 85.8 Å². The Morgan fingerprint density at radius 3 is 2.37 bits per heavy atom. The average Bonchev–Trinajstić information content (AvgIpc) is 3.01. The van der Waals surface area contributed by atoms with Crippen LogP contribution in [-0.2, 0) is 0 Å². The largest absolute Gasteiger partial charge is 0.368 e. The van der Waals surface area contributed by atoms with Gasteiger partial charge in [-0.2, -0.15) is 15.0 Å². The van der Waals surface area contributed by atoms with Crippen molar-refractivity contribution in [1.82, 2.24) is 24.5 Å². The maximum absolute atomic E-state index is 5.80. The Hall–Kier alpha value is -2.18. The van der Waals surface area contributed by atoms with Crippen LogP contribution in [-0.4, -0.2) is 37.6 Å². The standard InChI is InChI=1S/C12H17N7/c1-8-9(2)19(7-14-8)12-16-10(13)15-11(17-12)18-5-3-4-6-18/h7H,3-6H2,1-2H3,(H2,13,15,16,17). The molecule has 3 rings (SSSR count). The van der Waals surface area contributed by atoms with Crippen molar-refractivity contribution in [3.8, 4) is 5.95 Å². The average molecular weight is 259 g/mol. The van der Waals surface area contributed by atoms with Gasteiger partial charge in [0.1, 0.15) is 6.33 Å². The molecular formula is C12H17N7. The van der Waals surface area contributed by atoms with E-state index >= 15 is 0 Å². The van der Waals surface area contributed by atoms with Crippen molar-refractivity contribution in [2.24, 2.45) is 0 Å². The van der Waals surface area contributed by atoms with Gasteiger partial charge in [-0.15, -0.1) is 0 Å². The first-order valence-electron chi connectivity index (χ1n) is 6.42. The van der Waals surface area contributed by atoms with Crippen molar-refractivity contribution in [1.29, 1.82) is 0 Å². The normalized spacial score (nSPS) is 15.2. The molecule has 1 aliphatic rings. The Balaban J connectivity index is 2.04. The van der Waals surface area contributed by atoms with E-state index in [-0.39, 0.29) is 5.95 Å². The molecule has 3 heterocycles. The zero-order chi connectivity index (χ0) is 13.4. The molecule has 0 radical (unpaired) electrons. The van der Waals surface area contributed by atoms with Crippen molar-refractivity contribution in [3.63, 3.8) is 0 Å². The van der Waals surface area contributed by atoms with Gasteiger partial charge in [-0.25, -0.2) is 4.98 Å². The van der Waals surface area contributed by atoms with Crippen LogP contribution in [0.2, 0.25) is 0 Å². The van der Waals surface area contributed by atoms with Crippen LogP contribution >= 0.6 is 0 Å². The van der Waals surface area contributed by atoms with Gasteiger partial charge in [0, 0.05) is 18.8 Å². The zero-order valence-corrected chi connectivity index (χ0v) is 11.2. The van der Waals surface area contributed by atoms with Crippen LogP contribution < -0.4 is 10.6 Å². The van der Waals surface area contributed by atoms with E-state index in [1.807, 2.05) is 18.4 Å². The fourth-order valence-corrected chi connectivity index (χ4v) is 2.24. The Labute approximate surface area is 111 Å². The van der Waals surface area contributed by atoms with E-state index in [9.17, 15) is 0 Å². The Kier molecular flexibility index (Phi) is 2.81. The number of aryl methyl sites for hydroxylation is 1. The van der Waals surface area contributed by atoms with E-state index in [4.69, 9.17) is 5.73 Å². The zero-order valence-electron chi connectivity index (χ0n) is 11.2. The monoisotopic (exact) mass is 259 g/mol. The van der Waals surface area contributed by atoms with Gasteiger partial charge in [0.05, 0.1) is 5.69 Å². The summed E-state index contributed by atoms with van der Waals surface area (Å²) < 4.78 is 1.84. The summed E-state index contributed by atoms with van der Waals surface area (Å²) in [6.45, 7) is 5.89. The highest BCUT2D eigenvalue weighted by Gasteiger charge is 2.18. The van der Waals surface area contributed by atoms with Gasteiger partial charge in [-0.3, -0.25) is 4.57 Å². The molecule has 0 spiro atoms. The number of rotatable bonds is 2. The van der Waals surface area contributed by atoms with Gasteiger partial charge in [0.2, 0.25) is 17.8 Å².